The topological polar surface area (TPSA) is 74.3 Å². The Bertz CT molecular complexity index is 975. The molecule has 0 radical (unpaired) electrons. The molecule has 2 aromatic carbocycles. The van der Waals surface area contributed by atoms with E-state index in [1.54, 1.807) is 44.6 Å². The molecule has 1 unspecified atom stereocenters. The summed E-state index contributed by atoms with van der Waals surface area (Å²) >= 11 is 0. The molecule has 2 heterocycles. The van der Waals surface area contributed by atoms with Crippen molar-refractivity contribution in [2.45, 2.75) is 23.8 Å². The maximum absolute atomic E-state index is 13.4. The van der Waals surface area contributed by atoms with Gasteiger partial charge in [-0.2, -0.15) is 4.31 Å². The lowest BCUT2D eigenvalue weighted by molar-refractivity contribution is 0.171. The van der Waals surface area contributed by atoms with Gasteiger partial charge >= 0.3 is 0 Å². The highest BCUT2D eigenvalue weighted by Gasteiger charge is 2.38. The van der Waals surface area contributed by atoms with Gasteiger partial charge in [-0.25, -0.2) is 8.42 Å². The standard InChI is InChI=1S/C20H23NO6S/c1-24-14-5-7-18(25-2)16(12-14)17-4-3-9-21(17)28(22,23)15-6-8-19-20(13-15)27-11-10-26-19/h5-8,12-13,17H,3-4,9-11H2,1-2H3. The molecule has 0 N–H and O–H groups in total. The van der Waals surface area contributed by atoms with E-state index in [1.807, 2.05) is 6.07 Å². The Morgan fingerprint density at radius 3 is 2.54 bits per heavy atom. The van der Waals surface area contributed by atoms with Crippen LogP contribution in [0.5, 0.6) is 23.0 Å². The van der Waals surface area contributed by atoms with Crippen LogP contribution in [0.4, 0.5) is 0 Å². The molecule has 0 amide bonds. The molecule has 0 aliphatic carbocycles. The zero-order valence-corrected chi connectivity index (χ0v) is 16.7. The predicted octanol–water partition coefficient (Wildman–Crippen LogP) is 3.00. The Hall–Kier alpha value is -2.45. The van der Waals surface area contributed by atoms with E-state index in [2.05, 4.69) is 0 Å². The van der Waals surface area contributed by atoms with E-state index in [4.69, 9.17) is 18.9 Å². The summed E-state index contributed by atoms with van der Waals surface area (Å²) in [5.74, 6) is 2.34. The van der Waals surface area contributed by atoms with Crippen LogP contribution in [0.1, 0.15) is 24.4 Å². The number of ether oxygens (including phenoxy) is 4. The molecule has 2 aromatic rings. The molecule has 1 atom stereocenters. The number of hydrogen-bond donors (Lipinski definition) is 0. The van der Waals surface area contributed by atoms with Crippen LogP contribution in [-0.2, 0) is 10.0 Å². The molecule has 150 valence electrons. The molecular formula is C20H23NO6S. The SMILES string of the molecule is COc1ccc(OC)c(C2CCCN2S(=O)(=O)c2ccc3c(c2)OCCO3)c1. The first-order valence-corrected chi connectivity index (χ1v) is 10.6. The Morgan fingerprint density at radius 2 is 1.79 bits per heavy atom. The van der Waals surface area contributed by atoms with E-state index in [9.17, 15) is 8.42 Å². The fraction of sp³-hybridized carbons (Fsp3) is 0.400. The summed E-state index contributed by atoms with van der Waals surface area (Å²) in [4.78, 5) is 0.200. The van der Waals surface area contributed by atoms with Crippen molar-refractivity contribution in [2.24, 2.45) is 0 Å². The largest absolute Gasteiger partial charge is 0.497 e. The van der Waals surface area contributed by atoms with Crippen LogP contribution >= 0.6 is 0 Å². The van der Waals surface area contributed by atoms with Crippen LogP contribution in [0.25, 0.3) is 0 Å². The number of methoxy groups -OCH3 is 2. The van der Waals surface area contributed by atoms with Crippen molar-refractivity contribution in [2.75, 3.05) is 34.0 Å². The minimum atomic E-state index is -3.71. The Kier molecular flexibility index (Phi) is 5.07. The Morgan fingerprint density at radius 1 is 1.00 bits per heavy atom. The van der Waals surface area contributed by atoms with Gasteiger partial charge < -0.3 is 18.9 Å². The maximum Gasteiger partial charge on any atom is 0.243 e. The smallest absolute Gasteiger partial charge is 0.243 e. The minimum absolute atomic E-state index is 0.200. The van der Waals surface area contributed by atoms with Crippen molar-refractivity contribution < 1.29 is 27.4 Å². The molecule has 2 aliphatic heterocycles. The van der Waals surface area contributed by atoms with Crippen molar-refractivity contribution in [3.8, 4) is 23.0 Å². The van der Waals surface area contributed by atoms with Crippen LogP contribution in [-0.4, -0.2) is 46.7 Å². The highest BCUT2D eigenvalue weighted by atomic mass is 32.2. The van der Waals surface area contributed by atoms with Crippen LogP contribution in [0.15, 0.2) is 41.3 Å². The van der Waals surface area contributed by atoms with Gasteiger partial charge in [-0.05, 0) is 43.2 Å². The van der Waals surface area contributed by atoms with Crippen LogP contribution < -0.4 is 18.9 Å². The van der Waals surface area contributed by atoms with Gasteiger partial charge in [-0.3, -0.25) is 0 Å². The zero-order valence-electron chi connectivity index (χ0n) is 15.9. The molecule has 1 fully saturated rings. The van der Waals surface area contributed by atoms with Gasteiger partial charge in [0, 0.05) is 18.2 Å². The number of benzene rings is 2. The predicted molar refractivity (Wildman–Crippen MR) is 103 cm³/mol. The van der Waals surface area contributed by atoms with E-state index >= 15 is 0 Å². The van der Waals surface area contributed by atoms with Gasteiger partial charge in [-0.1, -0.05) is 0 Å². The van der Waals surface area contributed by atoms with E-state index in [1.165, 1.54) is 4.31 Å². The summed E-state index contributed by atoms with van der Waals surface area (Å²) in [6.45, 7) is 1.31. The highest BCUT2D eigenvalue weighted by molar-refractivity contribution is 7.89. The second-order valence-corrected chi connectivity index (χ2v) is 8.58. The summed E-state index contributed by atoms with van der Waals surface area (Å²) < 4.78 is 50.2. The molecule has 7 nitrogen and oxygen atoms in total. The number of hydrogen-bond acceptors (Lipinski definition) is 6. The number of rotatable bonds is 5. The fourth-order valence-electron chi connectivity index (χ4n) is 3.76. The third-order valence-electron chi connectivity index (χ3n) is 5.12. The molecule has 0 saturated carbocycles. The average molecular weight is 405 g/mol. The number of nitrogens with zero attached hydrogens (tertiary/aromatic N) is 1. The molecule has 0 spiro atoms. The first-order valence-electron chi connectivity index (χ1n) is 9.18. The number of fused-ring (bicyclic) bond motifs is 1. The average Bonchev–Trinajstić information content (AvgIpc) is 3.23. The summed E-state index contributed by atoms with van der Waals surface area (Å²) in [6.07, 6.45) is 1.49. The second kappa shape index (κ2) is 7.52. The van der Waals surface area contributed by atoms with Crippen molar-refractivity contribution in [1.29, 1.82) is 0 Å². The van der Waals surface area contributed by atoms with Crippen molar-refractivity contribution in [3.63, 3.8) is 0 Å². The molecule has 4 rings (SSSR count). The minimum Gasteiger partial charge on any atom is -0.497 e. The second-order valence-electron chi connectivity index (χ2n) is 6.69. The lowest BCUT2D eigenvalue weighted by Gasteiger charge is -2.27. The highest BCUT2D eigenvalue weighted by Crippen LogP contribution is 2.42. The van der Waals surface area contributed by atoms with Crippen LogP contribution in [0, 0.1) is 0 Å². The lowest BCUT2D eigenvalue weighted by atomic mass is 10.0. The van der Waals surface area contributed by atoms with Crippen molar-refractivity contribution in [1.82, 2.24) is 4.31 Å². The quantitative estimate of drug-likeness (QED) is 0.761. The molecular weight excluding hydrogens is 382 g/mol. The lowest BCUT2D eigenvalue weighted by Crippen LogP contribution is -2.31. The Balaban J connectivity index is 1.72. The normalized spacial score (nSPS) is 19.4. The van der Waals surface area contributed by atoms with Crippen LogP contribution in [0.2, 0.25) is 0 Å². The monoisotopic (exact) mass is 405 g/mol. The van der Waals surface area contributed by atoms with Gasteiger partial charge in [0.15, 0.2) is 11.5 Å². The number of sulfonamides is 1. The van der Waals surface area contributed by atoms with Gasteiger partial charge in [0.25, 0.3) is 0 Å². The van der Waals surface area contributed by atoms with Crippen molar-refractivity contribution >= 4 is 10.0 Å². The molecule has 2 aliphatic rings. The third-order valence-corrected chi connectivity index (χ3v) is 7.02. The van der Waals surface area contributed by atoms with Gasteiger partial charge in [0.1, 0.15) is 24.7 Å². The van der Waals surface area contributed by atoms with Gasteiger partial charge in [-0.15, -0.1) is 0 Å². The summed E-state index contributed by atoms with van der Waals surface area (Å²) in [6, 6.07) is 9.91. The van der Waals surface area contributed by atoms with Gasteiger partial charge in [0.05, 0.1) is 25.2 Å². The molecule has 0 bridgehead atoms. The maximum atomic E-state index is 13.4. The van der Waals surface area contributed by atoms with Crippen molar-refractivity contribution in [3.05, 3.63) is 42.0 Å². The molecule has 0 aromatic heterocycles. The fourth-order valence-corrected chi connectivity index (χ4v) is 5.45. The van der Waals surface area contributed by atoms with E-state index in [0.717, 1.165) is 12.0 Å². The summed E-state index contributed by atoms with van der Waals surface area (Å²) in [7, 11) is -0.542. The zero-order chi connectivity index (χ0) is 19.7. The Labute approximate surface area is 164 Å². The summed E-state index contributed by atoms with van der Waals surface area (Å²) in [5.41, 5.74) is 0.806. The summed E-state index contributed by atoms with van der Waals surface area (Å²) in [5, 5.41) is 0. The molecule has 8 heteroatoms. The van der Waals surface area contributed by atoms with Crippen LogP contribution in [0.3, 0.4) is 0 Å². The van der Waals surface area contributed by atoms with E-state index < -0.39 is 10.0 Å². The third kappa shape index (κ3) is 3.27. The van der Waals surface area contributed by atoms with E-state index in [-0.39, 0.29) is 10.9 Å². The first kappa shape index (κ1) is 18.9. The molecule has 28 heavy (non-hydrogen) atoms. The molecule has 1 saturated heterocycles. The first-order chi connectivity index (χ1) is 13.5. The van der Waals surface area contributed by atoms with E-state index in [0.29, 0.717) is 49.2 Å². The van der Waals surface area contributed by atoms with Gasteiger partial charge in [0.2, 0.25) is 10.0 Å².